The molecule has 1 atom stereocenters. The van der Waals surface area contributed by atoms with Crippen LogP contribution in [0.2, 0.25) is 0 Å². The average Bonchev–Trinajstić information content (AvgIpc) is 3.00. The lowest BCUT2D eigenvalue weighted by Crippen LogP contribution is -2.30. The largest absolute Gasteiger partial charge is 0.351 e. The zero-order chi connectivity index (χ0) is 18.5. The van der Waals surface area contributed by atoms with E-state index in [-0.39, 0.29) is 11.2 Å². The molecular weight excluding hydrogens is 382 g/mol. The summed E-state index contributed by atoms with van der Waals surface area (Å²) in [7, 11) is 0. The number of aromatic nitrogens is 2. The van der Waals surface area contributed by atoms with E-state index >= 15 is 0 Å². The smallest absolute Gasteiger partial charge is 0.233 e. The fourth-order valence-electron chi connectivity index (χ4n) is 2.40. The van der Waals surface area contributed by atoms with Crippen LogP contribution in [0.25, 0.3) is 5.69 Å². The number of thioether (sulfide) groups is 1. The predicted octanol–water partition coefficient (Wildman–Crippen LogP) is 4.77. The summed E-state index contributed by atoms with van der Waals surface area (Å²) in [6.07, 6.45) is 0. The number of carbonyl (C=O) groups is 1. The highest BCUT2D eigenvalue weighted by Crippen LogP contribution is 2.28. The summed E-state index contributed by atoms with van der Waals surface area (Å²) in [6, 6.07) is 17.9. The molecule has 0 saturated carbocycles. The Morgan fingerprint density at radius 2 is 1.92 bits per heavy atom. The molecule has 0 spiro atoms. The van der Waals surface area contributed by atoms with Gasteiger partial charge in [-0.25, -0.2) is 4.68 Å². The molecule has 0 aliphatic carbocycles. The van der Waals surface area contributed by atoms with Crippen molar-refractivity contribution in [2.75, 3.05) is 0 Å². The van der Waals surface area contributed by atoms with Crippen LogP contribution in [0.5, 0.6) is 0 Å². The van der Waals surface area contributed by atoms with Crippen LogP contribution in [0.3, 0.4) is 0 Å². The van der Waals surface area contributed by atoms with Crippen LogP contribution >= 0.6 is 35.3 Å². The molecule has 1 amide bonds. The van der Waals surface area contributed by atoms with Gasteiger partial charge in [-0.1, -0.05) is 71.6 Å². The lowest BCUT2D eigenvalue weighted by atomic mass is 10.2. The summed E-state index contributed by atoms with van der Waals surface area (Å²) in [5, 5.41) is 7.32. The van der Waals surface area contributed by atoms with Gasteiger partial charge in [-0.05, 0) is 43.3 Å². The maximum Gasteiger partial charge on any atom is 0.233 e. The minimum atomic E-state index is -0.246. The topological polar surface area (TPSA) is 46.9 Å². The van der Waals surface area contributed by atoms with Crippen LogP contribution in [-0.4, -0.2) is 20.9 Å². The summed E-state index contributed by atoms with van der Waals surface area (Å²) < 4.78 is 3.24. The third kappa shape index (κ3) is 4.60. The number of nitrogens with zero attached hydrogens (tertiary/aromatic N) is 2. The molecule has 0 fully saturated rings. The number of amides is 1. The second-order valence-electron chi connectivity index (χ2n) is 5.80. The summed E-state index contributed by atoms with van der Waals surface area (Å²) >= 11 is 8.31. The van der Waals surface area contributed by atoms with E-state index in [9.17, 15) is 4.79 Å². The van der Waals surface area contributed by atoms with Crippen LogP contribution in [0.4, 0.5) is 0 Å². The number of hydrogen-bond donors (Lipinski definition) is 1. The summed E-state index contributed by atoms with van der Waals surface area (Å²) in [4.78, 5) is 12.3. The normalized spacial score (nSPS) is 11.9. The molecular formula is C19H19N3OS3. The zero-order valence-electron chi connectivity index (χ0n) is 14.5. The lowest BCUT2D eigenvalue weighted by Gasteiger charge is -2.10. The predicted molar refractivity (Wildman–Crippen MR) is 111 cm³/mol. The highest BCUT2D eigenvalue weighted by molar-refractivity contribution is 8.02. The zero-order valence-corrected chi connectivity index (χ0v) is 17.0. The second kappa shape index (κ2) is 8.62. The van der Waals surface area contributed by atoms with E-state index in [0.29, 0.717) is 10.5 Å². The molecule has 4 nitrogen and oxygen atoms in total. The first kappa shape index (κ1) is 18.8. The molecule has 0 bridgehead atoms. The molecule has 0 radical (unpaired) electrons. The molecule has 0 saturated heterocycles. The molecule has 1 aromatic heterocycles. The number of rotatable bonds is 6. The van der Waals surface area contributed by atoms with E-state index in [1.54, 1.807) is 4.68 Å². The van der Waals surface area contributed by atoms with E-state index in [1.807, 2.05) is 68.4 Å². The molecule has 0 unspecified atom stereocenters. The Morgan fingerprint density at radius 1 is 1.23 bits per heavy atom. The first-order valence-corrected chi connectivity index (χ1v) is 10.3. The fraction of sp³-hybridized carbons (Fsp3) is 0.211. The Labute approximate surface area is 166 Å². The molecule has 134 valence electrons. The van der Waals surface area contributed by atoms with E-state index in [1.165, 1.54) is 23.1 Å². The number of aryl methyl sites for hydroxylation is 1. The van der Waals surface area contributed by atoms with Gasteiger partial charge in [0.1, 0.15) is 0 Å². The van der Waals surface area contributed by atoms with Crippen LogP contribution < -0.4 is 5.32 Å². The van der Waals surface area contributed by atoms with Gasteiger partial charge in [0.25, 0.3) is 0 Å². The highest BCUT2D eigenvalue weighted by atomic mass is 32.2. The maximum atomic E-state index is 12.3. The van der Waals surface area contributed by atoms with Crippen molar-refractivity contribution < 1.29 is 4.79 Å². The molecule has 1 N–H and O–H groups in total. The number of benzene rings is 2. The van der Waals surface area contributed by atoms with Gasteiger partial charge in [0.2, 0.25) is 5.91 Å². The first-order valence-electron chi connectivity index (χ1n) is 8.19. The van der Waals surface area contributed by atoms with Gasteiger partial charge in [-0.15, -0.1) is 5.10 Å². The SMILES string of the molecule is Cc1ccccc1-n1nc(S[C@@H](C)C(=O)NCc2ccccc2)sc1=S. The number of hydrogen-bond acceptors (Lipinski definition) is 5. The van der Waals surface area contributed by atoms with E-state index in [0.717, 1.165) is 21.2 Å². The van der Waals surface area contributed by atoms with Crippen LogP contribution in [-0.2, 0) is 11.3 Å². The first-order chi connectivity index (χ1) is 12.5. The molecule has 2 aromatic carbocycles. The molecule has 3 rings (SSSR count). The van der Waals surface area contributed by atoms with Crippen molar-refractivity contribution in [1.29, 1.82) is 0 Å². The van der Waals surface area contributed by atoms with E-state index < -0.39 is 0 Å². The van der Waals surface area contributed by atoms with Crippen molar-refractivity contribution in [2.45, 2.75) is 30.0 Å². The van der Waals surface area contributed by atoms with Crippen molar-refractivity contribution in [3.05, 3.63) is 69.7 Å². The van der Waals surface area contributed by atoms with Gasteiger partial charge in [-0.3, -0.25) is 4.79 Å². The van der Waals surface area contributed by atoms with Crippen LogP contribution in [0, 0.1) is 10.9 Å². The van der Waals surface area contributed by atoms with Gasteiger partial charge in [-0.2, -0.15) is 0 Å². The summed E-state index contributed by atoms with van der Waals surface area (Å²) in [5.41, 5.74) is 3.17. The van der Waals surface area contributed by atoms with Gasteiger partial charge in [0.05, 0.1) is 10.9 Å². The molecule has 0 aliphatic rings. The Bertz CT molecular complexity index is 950. The van der Waals surface area contributed by atoms with Gasteiger partial charge >= 0.3 is 0 Å². The standard InChI is InChI=1S/C19H19N3OS3/c1-13-8-6-7-11-16(13)22-19(24)26-18(21-22)25-14(2)17(23)20-12-15-9-4-3-5-10-15/h3-11,14H,12H2,1-2H3,(H,20,23)/t14-/m0/s1. The van der Waals surface area contributed by atoms with Crippen molar-refractivity contribution in [1.82, 2.24) is 15.1 Å². The molecule has 7 heteroatoms. The van der Waals surface area contributed by atoms with E-state index in [4.69, 9.17) is 12.2 Å². The third-order valence-electron chi connectivity index (χ3n) is 3.83. The van der Waals surface area contributed by atoms with Crippen molar-refractivity contribution >= 4 is 41.2 Å². The maximum absolute atomic E-state index is 12.3. The van der Waals surface area contributed by atoms with Gasteiger partial charge < -0.3 is 5.32 Å². The Morgan fingerprint density at radius 3 is 2.65 bits per heavy atom. The molecule has 0 aliphatic heterocycles. The Balaban J connectivity index is 1.65. The lowest BCUT2D eigenvalue weighted by molar-refractivity contribution is -0.120. The van der Waals surface area contributed by atoms with Crippen molar-refractivity contribution in [3.63, 3.8) is 0 Å². The highest BCUT2D eigenvalue weighted by Gasteiger charge is 2.17. The summed E-state index contributed by atoms with van der Waals surface area (Å²) in [6.45, 7) is 4.44. The summed E-state index contributed by atoms with van der Waals surface area (Å²) in [5.74, 6) is -0.0117. The average molecular weight is 402 g/mol. The quantitative estimate of drug-likeness (QED) is 0.477. The number of carbonyl (C=O) groups excluding carboxylic acids is 1. The fourth-order valence-corrected chi connectivity index (χ4v) is 4.91. The minimum Gasteiger partial charge on any atom is -0.351 e. The van der Waals surface area contributed by atoms with Gasteiger partial charge in [0, 0.05) is 6.54 Å². The van der Waals surface area contributed by atoms with Crippen LogP contribution in [0.1, 0.15) is 18.1 Å². The van der Waals surface area contributed by atoms with E-state index in [2.05, 4.69) is 10.4 Å². The second-order valence-corrected chi connectivity index (χ2v) is 9.01. The Hall–Kier alpha value is -1.96. The van der Waals surface area contributed by atoms with Crippen molar-refractivity contribution in [2.24, 2.45) is 0 Å². The Kier molecular flexibility index (Phi) is 6.24. The molecule has 26 heavy (non-hydrogen) atoms. The van der Waals surface area contributed by atoms with Crippen LogP contribution in [0.15, 0.2) is 58.9 Å². The van der Waals surface area contributed by atoms with Crippen molar-refractivity contribution in [3.8, 4) is 5.69 Å². The third-order valence-corrected chi connectivity index (χ3v) is 6.25. The monoisotopic (exact) mass is 401 g/mol. The number of para-hydroxylation sites is 1. The molecule has 3 aromatic rings. The minimum absolute atomic E-state index is 0.0117. The molecule has 1 heterocycles. The number of nitrogens with one attached hydrogen (secondary N) is 1. The van der Waals surface area contributed by atoms with Gasteiger partial charge in [0.15, 0.2) is 8.29 Å².